The average Bonchev–Trinajstić information content (AvgIpc) is 3.32. The van der Waals surface area contributed by atoms with E-state index in [1.54, 1.807) is 34.4 Å². The molecule has 0 unspecified atom stereocenters. The summed E-state index contributed by atoms with van der Waals surface area (Å²) in [6, 6.07) is 18.9. The lowest BCUT2D eigenvalue weighted by Gasteiger charge is -2.31. The summed E-state index contributed by atoms with van der Waals surface area (Å²) < 4.78 is 5.45. The number of rotatable bonds is 10. The number of carbonyl (C=O) groups excluding carboxylic acids is 2. The van der Waals surface area contributed by atoms with Crippen LogP contribution in [0.1, 0.15) is 25.7 Å². The molecule has 0 saturated carbocycles. The Bertz CT molecular complexity index is 1200. The monoisotopic (exact) mass is 559 g/mol. The lowest BCUT2D eigenvalue weighted by Crippen LogP contribution is -2.47. The molecule has 1 saturated heterocycles. The first-order chi connectivity index (χ1) is 17.9. The van der Waals surface area contributed by atoms with Crippen molar-refractivity contribution >= 4 is 46.4 Å². The Kier molecular flexibility index (Phi) is 10.00. The van der Waals surface area contributed by atoms with E-state index in [9.17, 15) is 9.59 Å². The number of hydrogen-bond acceptors (Lipinski definition) is 5. The Hall–Kier alpha value is -2.42. The van der Waals surface area contributed by atoms with Crippen LogP contribution >= 0.6 is 34.5 Å². The highest BCUT2D eigenvalue weighted by molar-refractivity contribution is 7.11. The normalized spacial score (nSPS) is 13.9. The van der Waals surface area contributed by atoms with E-state index >= 15 is 0 Å². The van der Waals surface area contributed by atoms with Crippen molar-refractivity contribution in [2.45, 2.75) is 20.0 Å². The highest BCUT2D eigenvalue weighted by Crippen LogP contribution is 2.24. The molecule has 1 fully saturated rings. The first kappa shape index (κ1) is 27.6. The average molecular weight is 561 g/mol. The molecule has 0 bridgehead atoms. The van der Waals surface area contributed by atoms with E-state index in [0.29, 0.717) is 55.0 Å². The lowest BCUT2D eigenvalue weighted by atomic mass is 10.2. The molecule has 2 aromatic carbocycles. The molecule has 0 spiro atoms. The third-order valence-electron chi connectivity index (χ3n) is 6.28. The summed E-state index contributed by atoms with van der Waals surface area (Å²) >= 11 is 14.0. The Balaban J connectivity index is 1.54. The smallest absolute Gasteiger partial charge is 0.254 e. The zero-order valence-corrected chi connectivity index (χ0v) is 23.2. The van der Waals surface area contributed by atoms with Crippen LogP contribution in [0.15, 0.2) is 60.7 Å². The predicted molar refractivity (Wildman–Crippen MR) is 149 cm³/mol. The second-order valence-corrected chi connectivity index (χ2v) is 11.2. The van der Waals surface area contributed by atoms with Crippen molar-refractivity contribution in [3.8, 4) is 0 Å². The van der Waals surface area contributed by atoms with Gasteiger partial charge in [-0.2, -0.15) is 0 Å². The van der Waals surface area contributed by atoms with Crippen molar-refractivity contribution < 1.29 is 14.3 Å². The third-order valence-corrected chi connectivity index (χ3v) is 8.01. The fourth-order valence-electron chi connectivity index (χ4n) is 4.21. The number of carbonyl (C=O) groups is 2. The molecule has 4 rings (SSSR count). The summed E-state index contributed by atoms with van der Waals surface area (Å²) in [5.74, 6) is -0.350. The van der Waals surface area contributed by atoms with E-state index in [1.807, 2.05) is 35.2 Å². The number of morpholine rings is 1. The maximum atomic E-state index is 13.7. The lowest BCUT2D eigenvalue weighted by molar-refractivity contribution is -0.133. The van der Waals surface area contributed by atoms with Gasteiger partial charge in [0.25, 0.3) is 5.91 Å². The first-order valence-electron chi connectivity index (χ1n) is 12.3. The van der Waals surface area contributed by atoms with Crippen LogP contribution < -0.4 is 0 Å². The largest absolute Gasteiger partial charge is 0.379 e. The molecule has 9 heteroatoms. The van der Waals surface area contributed by atoms with E-state index in [0.717, 1.165) is 23.5 Å². The minimum Gasteiger partial charge on any atom is -0.379 e. The summed E-state index contributed by atoms with van der Waals surface area (Å²) in [5, 5.41) is 0.695. The van der Waals surface area contributed by atoms with Gasteiger partial charge in [-0.1, -0.05) is 53.5 Å². The van der Waals surface area contributed by atoms with Crippen molar-refractivity contribution in [1.29, 1.82) is 0 Å². The molecular formula is C28H31Cl2N3O3S. The number of amides is 2. The molecule has 1 aromatic heterocycles. The van der Waals surface area contributed by atoms with E-state index < -0.39 is 0 Å². The number of aryl methyl sites for hydroxylation is 1. The van der Waals surface area contributed by atoms with E-state index in [-0.39, 0.29) is 18.4 Å². The Morgan fingerprint density at radius 2 is 1.70 bits per heavy atom. The van der Waals surface area contributed by atoms with Gasteiger partial charge in [-0.15, -0.1) is 11.3 Å². The van der Waals surface area contributed by atoms with Crippen LogP contribution in [-0.4, -0.2) is 72.5 Å². The highest BCUT2D eigenvalue weighted by Gasteiger charge is 2.24. The van der Waals surface area contributed by atoms with Crippen molar-refractivity contribution in [3.05, 3.63) is 91.6 Å². The molecule has 3 aromatic rings. The van der Waals surface area contributed by atoms with Crippen LogP contribution in [0.5, 0.6) is 0 Å². The van der Waals surface area contributed by atoms with Crippen molar-refractivity contribution in [2.24, 2.45) is 0 Å². The molecule has 1 aliphatic rings. The van der Waals surface area contributed by atoms with Gasteiger partial charge in [-0.3, -0.25) is 14.5 Å². The van der Waals surface area contributed by atoms with Crippen LogP contribution in [-0.2, 0) is 22.6 Å². The number of halogens is 2. The van der Waals surface area contributed by atoms with Crippen LogP contribution in [0, 0.1) is 6.92 Å². The third kappa shape index (κ3) is 8.03. The second kappa shape index (κ2) is 13.4. The molecule has 0 N–H and O–H groups in total. The SMILES string of the molecule is Cc1ccc(CN(Cc2ccccc2)C(=O)CN(CCN2CCOCC2)C(=O)c2ccc(Cl)c(Cl)c2)s1. The summed E-state index contributed by atoms with van der Waals surface area (Å²) in [7, 11) is 0. The molecule has 6 nitrogen and oxygen atoms in total. The topological polar surface area (TPSA) is 53.1 Å². The summed E-state index contributed by atoms with van der Waals surface area (Å²) in [6.07, 6.45) is 0. The number of benzene rings is 2. The Morgan fingerprint density at radius 3 is 2.38 bits per heavy atom. The van der Waals surface area contributed by atoms with Crippen LogP contribution in [0.2, 0.25) is 10.0 Å². The standard InChI is InChI=1S/C28H31Cl2N3O3S/c1-21-7-9-24(37-21)19-33(18-22-5-3-2-4-6-22)27(34)20-32(12-11-31-13-15-36-16-14-31)28(35)23-8-10-25(29)26(30)17-23/h2-10,17H,11-16,18-20H2,1H3. The minimum atomic E-state index is -0.244. The molecule has 1 aliphatic heterocycles. The second-order valence-electron chi connectivity index (χ2n) is 9.06. The van der Waals surface area contributed by atoms with Crippen molar-refractivity contribution in [2.75, 3.05) is 45.9 Å². The van der Waals surface area contributed by atoms with Gasteiger partial charge in [0, 0.05) is 48.0 Å². The molecule has 2 heterocycles. The summed E-state index contributed by atoms with van der Waals surface area (Å²) in [6.45, 7) is 7.02. The van der Waals surface area contributed by atoms with Gasteiger partial charge in [0.05, 0.1) is 29.8 Å². The quantitative estimate of drug-likeness (QED) is 0.335. The van der Waals surface area contributed by atoms with Crippen LogP contribution in [0.25, 0.3) is 0 Å². The zero-order chi connectivity index (χ0) is 26.2. The Labute approximate surface area is 232 Å². The molecule has 2 amide bonds. The molecule has 0 radical (unpaired) electrons. The van der Waals surface area contributed by atoms with Gasteiger partial charge < -0.3 is 14.5 Å². The van der Waals surface area contributed by atoms with Gasteiger partial charge in [0.2, 0.25) is 5.91 Å². The molecule has 37 heavy (non-hydrogen) atoms. The van der Waals surface area contributed by atoms with E-state index in [1.165, 1.54) is 4.88 Å². The van der Waals surface area contributed by atoms with Crippen molar-refractivity contribution in [1.82, 2.24) is 14.7 Å². The van der Waals surface area contributed by atoms with Gasteiger partial charge in [-0.05, 0) is 42.8 Å². The predicted octanol–water partition coefficient (Wildman–Crippen LogP) is 5.37. The zero-order valence-electron chi connectivity index (χ0n) is 20.9. The maximum absolute atomic E-state index is 13.7. The van der Waals surface area contributed by atoms with Gasteiger partial charge >= 0.3 is 0 Å². The molecule has 196 valence electrons. The van der Waals surface area contributed by atoms with Gasteiger partial charge in [0.15, 0.2) is 0 Å². The highest BCUT2D eigenvalue weighted by atomic mass is 35.5. The summed E-state index contributed by atoms with van der Waals surface area (Å²) in [4.78, 5) is 35.3. The fourth-order valence-corrected chi connectivity index (χ4v) is 5.41. The number of thiophene rings is 1. The van der Waals surface area contributed by atoms with Crippen LogP contribution in [0.4, 0.5) is 0 Å². The minimum absolute atomic E-state index is 0.0272. The van der Waals surface area contributed by atoms with E-state index in [4.69, 9.17) is 27.9 Å². The first-order valence-corrected chi connectivity index (χ1v) is 13.9. The fraction of sp³-hybridized carbons (Fsp3) is 0.357. The molecule has 0 aliphatic carbocycles. The van der Waals surface area contributed by atoms with E-state index in [2.05, 4.69) is 24.0 Å². The van der Waals surface area contributed by atoms with Crippen LogP contribution in [0.3, 0.4) is 0 Å². The number of nitrogens with zero attached hydrogens (tertiary/aromatic N) is 3. The van der Waals surface area contributed by atoms with Gasteiger partial charge in [0.1, 0.15) is 6.54 Å². The maximum Gasteiger partial charge on any atom is 0.254 e. The molecular weight excluding hydrogens is 529 g/mol. The Morgan fingerprint density at radius 1 is 0.946 bits per heavy atom. The van der Waals surface area contributed by atoms with Gasteiger partial charge in [-0.25, -0.2) is 0 Å². The number of hydrogen-bond donors (Lipinski definition) is 0. The van der Waals surface area contributed by atoms with Crippen molar-refractivity contribution in [3.63, 3.8) is 0 Å². The molecule has 0 atom stereocenters. The summed E-state index contributed by atoms with van der Waals surface area (Å²) in [5.41, 5.74) is 1.45. The number of ether oxygens (including phenoxy) is 1.